The van der Waals surface area contributed by atoms with Crippen molar-refractivity contribution in [2.45, 2.75) is 19.8 Å². The molecule has 0 bridgehead atoms. The average Bonchev–Trinajstić information content (AvgIpc) is 2.89. The molecule has 0 saturated carbocycles. The lowest BCUT2D eigenvalue weighted by molar-refractivity contribution is 0.380. The number of aromatic nitrogens is 2. The fraction of sp³-hybridized carbons (Fsp3) is 0.176. The Labute approximate surface area is 123 Å². The van der Waals surface area contributed by atoms with Crippen molar-refractivity contribution in [3.63, 3.8) is 0 Å². The fourth-order valence-electron chi connectivity index (χ4n) is 2.23. The van der Waals surface area contributed by atoms with Crippen molar-refractivity contribution in [2.24, 2.45) is 0 Å². The third kappa shape index (κ3) is 3.48. The SMILES string of the molecule is Cc1cccc(Cc2noc(Cc3ccc(O)cc3)n2)c1. The topological polar surface area (TPSA) is 59.2 Å². The minimum absolute atomic E-state index is 0.254. The average molecular weight is 280 g/mol. The van der Waals surface area contributed by atoms with Gasteiger partial charge in [-0.1, -0.05) is 47.1 Å². The summed E-state index contributed by atoms with van der Waals surface area (Å²) in [6, 6.07) is 15.3. The van der Waals surface area contributed by atoms with E-state index in [1.54, 1.807) is 12.1 Å². The predicted molar refractivity (Wildman–Crippen MR) is 79.2 cm³/mol. The molecular formula is C17H16N2O2. The molecule has 106 valence electrons. The first kappa shape index (κ1) is 13.4. The Kier molecular flexibility index (Phi) is 3.69. The van der Waals surface area contributed by atoms with Crippen LogP contribution in [-0.4, -0.2) is 15.2 Å². The second-order valence-corrected chi connectivity index (χ2v) is 5.11. The zero-order valence-corrected chi connectivity index (χ0v) is 11.8. The van der Waals surface area contributed by atoms with E-state index in [2.05, 4.69) is 35.3 Å². The maximum Gasteiger partial charge on any atom is 0.231 e. The highest BCUT2D eigenvalue weighted by atomic mass is 16.5. The monoisotopic (exact) mass is 280 g/mol. The Bertz CT molecular complexity index is 733. The molecule has 0 atom stereocenters. The standard InChI is InChI=1S/C17H16N2O2/c1-12-3-2-4-14(9-12)10-16-18-17(21-19-16)11-13-5-7-15(20)8-6-13/h2-9,20H,10-11H2,1H3. The van der Waals surface area contributed by atoms with Gasteiger partial charge in [-0.05, 0) is 30.2 Å². The van der Waals surface area contributed by atoms with E-state index in [-0.39, 0.29) is 5.75 Å². The Morgan fingerprint density at radius 1 is 1.00 bits per heavy atom. The highest BCUT2D eigenvalue weighted by molar-refractivity contribution is 5.28. The summed E-state index contributed by atoms with van der Waals surface area (Å²) in [4.78, 5) is 4.41. The number of aromatic hydroxyl groups is 1. The Morgan fingerprint density at radius 3 is 2.57 bits per heavy atom. The normalized spacial score (nSPS) is 10.7. The first-order valence-corrected chi connectivity index (χ1v) is 6.84. The molecule has 1 aromatic heterocycles. The van der Waals surface area contributed by atoms with Gasteiger partial charge in [0.05, 0.1) is 6.42 Å². The molecule has 0 spiro atoms. The molecular weight excluding hydrogens is 264 g/mol. The van der Waals surface area contributed by atoms with E-state index in [1.807, 2.05) is 18.2 Å². The van der Waals surface area contributed by atoms with Crippen molar-refractivity contribution >= 4 is 0 Å². The van der Waals surface area contributed by atoms with E-state index >= 15 is 0 Å². The Morgan fingerprint density at radius 2 is 1.81 bits per heavy atom. The van der Waals surface area contributed by atoms with Crippen molar-refractivity contribution in [3.8, 4) is 5.75 Å². The molecule has 0 aliphatic carbocycles. The van der Waals surface area contributed by atoms with Crippen molar-refractivity contribution in [2.75, 3.05) is 0 Å². The number of hydrogen-bond acceptors (Lipinski definition) is 4. The molecule has 3 aromatic rings. The lowest BCUT2D eigenvalue weighted by Crippen LogP contribution is -1.93. The summed E-state index contributed by atoms with van der Waals surface area (Å²) in [5.41, 5.74) is 3.42. The number of phenols is 1. The van der Waals surface area contributed by atoms with Crippen LogP contribution in [0.15, 0.2) is 53.1 Å². The quantitative estimate of drug-likeness (QED) is 0.797. The second-order valence-electron chi connectivity index (χ2n) is 5.11. The third-order valence-corrected chi connectivity index (χ3v) is 3.25. The second kappa shape index (κ2) is 5.79. The summed E-state index contributed by atoms with van der Waals surface area (Å²) in [6.45, 7) is 2.07. The molecule has 0 fully saturated rings. The van der Waals surface area contributed by atoms with Gasteiger partial charge in [-0.2, -0.15) is 4.98 Å². The van der Waals surface area contributed by atoms with Crippen LogP contribution in [0.1, 0.15) is 28.4 Å². The van der Waals surface area contributed by atoms with Gasteiger partial charge >= 0.3 is 0 Å². The largest absolute Gasteiger partial charge is 0.508 e. The molecule has 1 N–H and O–H groups in total. The first-order valence-electron chi connectivity index (χ1n) is 6.84. The van der Waals surface area contributed by atoms with Gasteiger partial charge in [0.25, 0.3) is 0 Å². The molecule has 4 nitrogen and oxygen atoms in total. The van der Waals surface area contributed by atoms with Crippen LogP contribution in [0, 0.1) is 6.92 Å². The van der Waals surface area contributed by atoms with Crippen LogP contribution in [0.4, 0.5) is 0 Å². The van der Waals surface area contributed by atoms with Crippen molar-refractivity contribution in [1.29, 1.82) is 0 Å². The number of phenolic OH excluding ortho intramolecular Hbond substituents is 1. The van der Waals surface area contributed by atoms with E-state index in [0.717, 1.165) is 5.56 Å². The lowest BCUT2D eigenvalue weighted by atomic mass is 10.1. The first-order chi connectivity index (χ1) is 10.2. The molecule has 0 aliphatic heterocycles. The highest BCUT2D eigenvalue weighted by Gasteiger charge is 2.08. The zero-order chi connectivity index (χ0) is 14.7. The van der Waals surface area contributed by atoms with Crippen LogP contribution in [0.2, 0.25) is 0 Å². The molecule has 0 radical (unpaired) electrons. The van der Waals surface area contributed by atoms with Crippen LogP contribution in [0.5, 0.6) is 5.75 Å². The fourth-order valence-corrected chi connectivity index (χ4v) is 2.23. The molecule has 3 rings (SSSR count). The van der Waals surface area contributed by atoms with Gasteiger partial charge in [0.15, 0.2) is 5.82 Å². The molecule has 4 heteroatoms. The number of hydrogen-bond donors (Lipinski definition) is 1. The molecule has 0 unspecified atom stereocenters. The van der Waals surface area contributed by atoms with Crippen LogP contribution in [0.3, 0.4) is 0 Å². The molecule has 1 heterocycles. The van der Waals surface area contributed by atoms with Gasteiger partial charge in [-0.3, -0.25) is 0 Å². The summed E-state index contributed by atoms with van der Waals surface area (Å²) >= 11 is 0. The van der Waals surface area contributed by atoms with Crippen molar-refractivity contribution < 1.29 is 9.63 Å². The van der Waals surface area contributed by atoms with Crippen LogP contribution in [-0.2, 0) is 12.8 Å². The molecule has 21 heavy (non-hydrogen) atoms. The van der Waals surface area contributed by atoms with Gasteiger partial charge in [0.1, 0.15) is 5.75 Å². The van der Waals surface area contributed by atoms with Gasteiger partial charge in [0.2, 0.25) is 5.89 Å². The summed E-state index contributed by atoms with van der Waals surface area (Å²) in [6.07, 6.45) is 1.24. The van der Waals surface area contributed by atoms with E-state index in [0.29, 0.717) is 24.6 Å². The van der Waals surface area contributed by atoms with E-state index in [9.17, 15) is 5.11 Å². The van der Waals surface area contributed by atoms with Gasteiger partial charge in [-0.25, -0.2) is 0 Å². The van der Waals surface area contributed by atoms with Crippen LogP contribution >= 0.6 is 0 Å². The molecule has 0 saturated heterocycles. The molecule has 0 amide bonds. The molecule has 0 aliphatic rings. The summed E-state index contributed by atoms with van der Waals surface area (Å²) in [7, 11) is 0. The summed E-state index contributed by atoms with van der Waals surface area (Å²) in [5.74, 6) is 1.53. The summed E-state index contributed by atoms with van der Waals surface area (Å²) in [5, 5.41) is 13.3. The number of benzene rings is 2. The van der Waals surface area contributed by atoms with Gasteiger partial charge in [-0.15, -0.1) is 0 Å². The van der Waals surface area contributed by atoms with Gasteiger partial charge < -0.3 is 9.63 Å². The zero-order valence-electron chi connectivity index (χ0n) is 11.8. The summed E-state index contributed by atoms with van der Waals surface area (Å²) < 4.78 is 5.28. The van der Waals surface area contributed by atoms with Crippen molar-refractivity contribution in [1.82, 2.24) is 10.1 Å². The van der Waals surface area contributed by atoms with Crippen molar-refractivity contribution in [3.05, 3.63) is 76.9 Å². The Hall–Kier alpha value is -2.62. The maximum atomic E-state index is 9.26. The maximum absolute atomic E-state index is 9.26. The van der Waals surface area contributed by atoms with E-state index in [1.165, 1.54) is 11.1 Å². The van der Waals surface area contributed by atoms with E-state index < -0.39 is 0 Å². The minimum Gasteiger partial charge on any atom is -0.508 e. The van der Waals surface area contributed by atoms with Crippen LogP contribution < -0.4 is 0 Å². The highest BCUT2D eigenvalue weighted by Crippen LogP contribution is 2.14. The Balaban J connectivity index is 1.70. The van der Waals surface area contributed by atoms with E-state index in [4.69, 9.17) is 4.52 Å². The number of rotatable bonds is 4. The molecule has 2 aromatic carbocycles. The number of nitrogens with zero attached hydrogens (tertiary/aromatic N) is 2. The minimum atomic E-state index is 0.254. The lowest BCUT2D eigenvalue weighted by Gasteiger charge is -1.98. The third-order valence-electron chi connectivity index (χ3n) is 3.25. The number of aryl methyl sites for hydroxylation is 1. The van der Waals surface area contributed by atoms with Gasteiger partial charge in [0, 0.05) is 6.42 Å². The predicted octanol–water partition coefficient (Wildman–Crippen LogP) is 3.27. The van der Waals surface area contributed by atoms with Crippen LogP contribution in [0.25, 0.3) is 0 Å². The smallest absolute Gasteiger partial charge is 0.231 e.